The molecule has 0 radical (unpaired) electrons. The Morgan fingerprint density at radius 2 is 1.96 bits per heavy atom. The van der Waals surface area contributed by atoms with Crippen LogP contribution in [0.3, 0.4) is 0 Å². The number of methoxy groups -OCH3 is 1. The maximum absolute atomic E-state index is 13.4. The van der Waals surface area contributed by atoms with E-state index in [0.717, 1.165) is 0 Å². The van der Waals surface area contributed by atoms with Crippen LogP contribution < -0.4 is 14.8 Å². The monoisotopic (exact) mass is 396 g/mol. The zero-order valence-electron chi connectivity index (χ0n) is 15.1. The van der Waals surface area contributed by atoms with Gasteiger partial charge in [-0.1, -0.05) is 0 Å². The lowest BCUT2D eigenvalue weighted by Gasteiger charge is -2.14. The summed E-state index contributed by atoms with van der Waals surface area (Å²) in [6.07, 6.45) is 0. The zero-order valence-corrected chi connectivity index (χ0v) is 15.9. The molecule has 0 fully saturated rings. The molecule has 27 heavy (non-hydrogen) atoms. The van der Waals surface area contributed by atoms with Crippen LogP contribution in [-0.4, -0.2) is 39.2 Å². The van der Waals surface area contributed by atoms with Crippen molar-refractivity contribution in [2.75, 3.05) is 19.0 Å². The first kappa shape index (κ1) is 20.8. The van der Waals surface area contributed by atoms with Crippen LogP contribution in [0.1, 0.15) is 22.8 Å². The predicted octanol–water partition coefficient (Wildman–Crippen LogP) is 2.05. The van der Waals surface area contributed by atoms with Crippen LogP contribution in [0, 0.1) is 12.7 Å². The number of hydrogen-bond donors (Lipinski definition) is 3. The van der Waals surface area contributed by atoms with Crippen molar-refractivity contribution in [2.24, 2.45) is 0 Å². The molecule has 1 unspecified atom stereocenters. The topological polar surface area (TPSA) is 105 Å². The third-order valence-corrected chi connectivity index (χ3v) is 5.36. The fourth-order valence-electron chi connectivity index (χ4n) is 2.32. The van der Waals surface area contributed by atoms with Crippen molar-refractivity contribution < 1.29 is 27.4 Å². The van der Waals surface area contributed by atoms with Crippen molar-refractivity contribution >= 4 is 21.6 Å². The number of amides is 1. The number of hydrogen-bond acceptors (Lipinski definition) is 5. The molecule has 0 saturated heterocycles. The number of aliphatic hydroxyl groups is 1. The number of benzene rings is 2. The molecular weight excluding hydrogens is 375 g/mol. The Balaban J connectivity index is 2.36. The second-order valence-corrected chi connectivity index (χ2v) is 7.70. The first-order valence-electron chi connectivity index (χ1n) is 8.06. The van der Waals surface area contributed by atoms with E-state index >= 15 is 0 Å². The van der Waals surface area contributed by atoms with E-state index in [2.05, 4.69) is 10.0 Å². The van der Waals surface area contributed by atoms with Gasteiger partial charge in [-0.05, 0) is 55.8 Å². The fourth-order valence-corrected chi connectivity index (χ4v) is 3.58. The van der Waals surface area contributed by atoms with Gasteiger partial charge in [0, 0.05) is 11.7 Å². The summed E-state index contributed by atoms with van der Waals surface area (Å²) < 4.78 is 45.6. The number of aliphatic hydroxyl groups excluding tert-OH is 1. The number of rotatable bonds is 7. The molecule has 7 nitrogen and oxygen atoms in total. The summed E-state index contributed by atoms with van der Waals surface area (Å²) in [5.41, 5.74) is 0.721. The Bertz CT molecular complexity index is 947. The van der Waals surface area contributed by atoms with Gasteiger partial charge in [0.25, 0.3) is 5.91 Å². The molecule has 2 rings (SSSR count). The minimum absolute atomic E-state index is 0.000922. The molecule has 0 saturated carbocycles. The van der Waals surface area contributed by atoms with Gasteiger partial charge in [-0.25, -0.2) is 17.5 Å². The van der Waals surface area contributed by atoms with Crippen molar-refractivity contribution in [3.8, 4) is 5.75 Å². The van der Waals surface area contributed by atoms with E-state index in [-0.39, 0.29) is 22.8 Å². The fraction of sp³-hybridized carbons (Fsp3) is 0.278. The maximum atomic E-state index is 13.4. The lowest BCUT2D eigenvalue weighted by molar-refractivity contribution is 0.102. The van der Waals surface area contributed by atoms with E-state index in [1.165, 1.54) is 50.4 Å². The number of ether oxygens (including phenoxy) is 1. The van der Waals surface area contributed by atoms with E-state index in [4.69, 9.17) is 9.84 Å². The lowest BCUT2D eigenvalue weighted by Crippen LogP contribution is -2.35. The standard InChI is InChI=1S/C18H21FN2O5S/c1-11-8-13(4-6-16(11)19)20-18(23)15-9-14(5-7-17(15)26-3)27(24,25)21-12(2)10-22/h4-9,12,21-22H,10H2,1-3H3,(H,20,23). The third-order valence-electron chi connectivity index (χ3n) is 3.77. The van der Waals surface area contributed by atoms with Crippen molar-refractivity contribution in [1.29, 1.82) is 0 Å². The van der Waals surface area contributed by atoms with E-state index in [9.17, 15) is 17.6 Å². The highest BCUT2D eigenvalue weighted by Gasteiger charge is 2.21. The normalized spacial score (nSPS) is 12.5. The maximum Gasteiger partial charge on any atom is 0.259 e. The Kier molecular flexibility index (Phi) is 6.53. The van der Waals surface area contributed by atoms with Gasteiger partial charge in [-0.2, -0.15) is 0 Å². The summed E-state index contributed by atoms with van der Waals surface area (Å²) in [5, 5.41) is 11.6. The first-order valence-corrected chi connectivity index (χ1v) is 9.55. The second-order valence-electron chi connectivity index (χ2n) is 5.99. The first-order chi connectivity index (χ1) is 12.7. The van der Waals surface area contributed by atoms with Gasteiger partial charge in [-0.3, -0.25) is 4.79 Å². The number of halogens is 1. The molecule has 2 aromatic carbocycles. The molecule has 0 aliphatic carbocycles. The molecule has 1 amide bonds. The van der Waals surface area contributed by atoms with E-state index in [1.807, 2.05) is 0 Å². The number of sulfonamides is 1. The largest absolute Gasteiger partial charge is 0.496 e. The minimum Gasteiger partial charge on any atom is -0.496 e. The van der Waals surface area contributed by atoms with Gasteiger partial charge in [0.1, 0.15) is 11.6 Å². The van der Waals surface area contributed by atoms with Crippen LogP contribution in [-0.2, 0) is 10.0 Å². The average molecular weight is 396 g/mol. The molecule has 9 heteroatoms. The van der Waals surface area contributed by atoms with Crippen LogP contribution in [0.2, 0.25) is 0 Å². The molecule has 3 N–H and O–H groups in total. The van der Waals surface area contributed by atoms with Gasteiger partial charge in [-0.15, -0.1) is 0 Å². The summed E-state index contributed by atoms with van der Waals surface area (Å²) in [5.74, 6) is -0.826. The van der Waals surface area contributed by atoms with Crippen molar-refractivity contribution in [1.82, 2.24) is 4.72 Å². The van der Waals surface area contributed by atoms with Crippen LogP contribution in [0.25, 0.3) is 0 Å². The van der Waals surface area contributed by atoms with Crippen LogP contribution in [0.15, 0.2) is 41.3 Å². The van der Waals surface area contributed by atoms with Gasteiger partial charge in [0.15, 0.2) is 0 Å². The Morgan fingerprint density at radius 3 is 2.56 bits per heavy atom. The van der Waals surface area contributed by atoms with Crippen molar-refractivity contribution in [3.05, 3.63) is 53.3 Å². The molecule has 146 valence electrons. The third kappa shape index (κ3) is 5.03. The van der Waals surface area contributed by atoms with Gasteiger partial charge in [0.2, 0.25) is 10.0 Å². The molecular formula is C18H21FN2O5S. The van der Waals surface area contributed by atoms with Crippen molar-refractivity contribution in [2.45, 2.75) is 24.8 Å². The lowest BCUT2D eigenvalue weighted by atomic mass is 10.1. The van der Waals surface area contributed by atoms with E-state index < -0.39 is 27.8 Å². The molecule has 1 atom stereocenters. The second kappa shape index (κ2) is 8.47. The summed E-state index contributed by atoms with van der Waals surface area (Å²) in [4.78, 5) is 12.5. The van der Waals surface area contributed by atoms with E-state index in [0.29, 0.717) is 11.3 Å². The molecule has 0 spiro atoms. The quantitative estimate of drug-likeness (QED) is 0.664. The van der Waals surface area contributed by atoms with Gasteiger partial charge in [0.05, 0.1) is 24.2 Å². The summed E-state index contributed by atoms with van der Waals surface area (Å²) in [7, 11) is -2.58. The van der Waals surface area contributed by atoms with Crippen molar-refractivity contribution in [3.63, 3.8) is 0 Å². The zero-order chi connectivity index (χ0) is 20.2. The molecule has 2 aromatic rings. The summed E-state index contributed by atoms with van der Waals surface area (Å²) >= 11 is 0. The highest BCUT2D eigenvalue weighted by atomic mass is 32.2. The molecule has 0 aliphatic rings. The van der Waals surface area contributed by atoms with Crippen LogP contribution >= 0.6 is 0 Å². The molecule has 0 aromatic heterocycles. The Hall–Kier alpha value is -2.49. The predicted molar refractivity (Wildman–Crippen MR) is 99.0 cm³/mol. The minimum atomic E-state index is -3.93. The SMILES string of the molecule is COc1ccc(S(=O)(=O)NC(C)CO)cc1C(=O)Nc1ccc(F)c(C)c1. The smallest absolute Gasteiger partial charge is 0.259 e. The van der Waals surface area contributed by atoms with Crippen LogP contribution in [0.5, 0.6) is 5.75 Å². The van der Waals surface area contributed by atoms with Gasteiger partial charge < -0.3 is 15.2 Å². The van der Waals surface area contributed by atoms with E-state index in [1.54, 1.807) is 6.92 Å². The number of carbonyl (C=O) groups excluding carboxylic acids is 1. The van der Waals surface area contributed by atoms with Gasteiger partial charge >= 0.3 is 0 Å². The van der Waals surface area contributed by atoms with Crippen LogP contribution in [0.4, 0.5) is 10.1 Å². The number of anilines is 1. The molecule has 0 bridgehead atoms. The average Bonchev–Trinajstić information content (AvgIpc) is 2.63. The Labute approximate surface area is 157 Å². The molecule has 0 aliphatic heterocycles. The number of carbonyl (C=O) groups is 1. The summed E-state index contributed by atoms with van der Waals surface area (Å²) in [6, 6.07) is 7.24. The Morgan fingerprint density at radius 1 is 1.26 bits per heavy atom. The number of aryl methyl sites for hydroxylation is 1. The highest BCUT2D eigenvalue weighted by molar-refractivity contribution is 7.89. The highest BCUT2D eigenvalue weighted by Crippen LogP contribution is 2.24. The molecule has 0 heterocycles. The number of nitrogens with one attached hydrogen (secondary N) is 2. The summed E-state index contributed by atoms with van der Waals surface area (Å²) in [6.45, 7) is 2.70.